The molecule has 1 heterocycles. The zero-order valence-corrected chi connectivity index (χ0v) is 38.2. The molecule has 5 rings (SSSR count). The van der Waals surface area contributed by atoms with Gasteiger partial charge in [-0.1, -0.05) is 207 Å². The number of hydrogen-bond acceptors (Lipinski definition) is 4. The van der Waals surface area contributed by atoms with Crippen LogP contribution >= 0.6 is 28.5 Å². The SMILES string of the molecule is C=C/C=C(C)\C=C(/C)c1nc(C(F)(F)F)nn1C(CC)(CC)OSCc1ccccc1.CCCCC.CP(c1ccccc1)c1ccccc1.CPc1ccccc1. The fraction of sp³-hybridized carbons (Fsp3) is 0.333. The predicted molar refractivity (Wildman–Crippen MR) is 251 cm³/mol. The lowest BCUT2D eigenvalue weighted by atomic mass is 10.1. The molecule has 1 atom stereocenters. The molecule has 0 aliphatic heterocycles. The van der Waals surface area contributed by atoms with Crippen molar-refractivity contribution in [1.29, 1.82) is 0 Å². The standard InChI is InChI=1S/C23H28F3N3OS.C13H13P.C7H9P.C5H12/c1-6-12-17(4)15-18(5)20-27-21(23(24,25)26)28-29(20)22(7-2,8-3)30-31-16-19-13-10-9-11-14-19;1-14(12-8-4-2-5-9-12)13-10-6-3-7-11-13;1-8-7-5-3-2-4-6-7;1-3-5-4-2/h6,9-15H,1,7-8,16H2,2-5H3;2-11H,1H3;2-6,8H,1H3;3-5H2,1-2H3/b17-12-,18-15+;;;. The molecule has 5 aromatic rings. The number of unbranched alkanes of at least 4 members (excludes halogenated alkanes) is 2. The number of aromatic nitrogens is 3. The second kappa shape index (κ2) is 27.8. The van der Waals surface area contributed by atoms with Gasteiger partial charge in [-0.3, -0.25) is 4.18 Å². The molecular formula is C48H62F3N3OP2S. The summed E-state index contributed by atoms with van der Waals surface area (Å²) in [6.07, 6.45) is 5.42. The number of rotatable bonds is 15. The first-order valence-corrected chi connectivity index (χ1v) is 24.0. The third-order valence-electron chi connectivity index (χ3n) is 8.87. The topological polar surface area (TPSA) is 39.9 Å². The van der Waals surface area contributed by atoms with Crippen molar-refractivity contribution in [2.75, 3.05) is 13.3 Å². The smallest absolute Gasteiger partial charge is 0.285 e. The molecule has 58 heavy (non-hydrogen) atoms. The maximum absolute atomic E-state index is 13.5. The van der Waals surface area contributed by atoms with E-state index in [1.807, 2.05) is 57.2 Å². The summed E-state index contributed by atoms with van der Waals surface area (Å²) in [5, 5.41) is 8.17. The van der Waals surface area contributed by atoms with Crippen LogP contribution in [-0.4, -0.2) is 28.1 Å². The summed E-state index contributed by atoms with van der Waals surface area (Å²) in [6, 6.07) is 41.6. The van der Waals surface area contributed by atoms with E-state index in [1.165, 1.54) is 51.9 Å². The van der Waals surface area contributed by atoms with Gasteiger partial charge in [-0.15, -0.1) is 5.10 Å². The highest BCUT2D eigenvalue weighted by Gasteiger charge is 2.41. The summed E-state index contributed by atoms with van der Waals surface area (Å²) in [5.41, 5.74) is 1.39. The minimum Gasteiger partial charge on any atom is -0.285 e. The van der Waals surface area contributed by atoms with E-state index >= 15 is 0 Å². The van der Waals surface area contributed by atoms with Gasteiger partial charge in [0.1, 0.15) is 0 Å². The molecule has 0 saturated carbocycles. The van der Waals surface area contributed by atoms with Crippen molar-refractivity contribution in [2.45, 2.75) is 91.3 Å². The van der Waals surface area contributed by atoms with E-state index in [9.17, 15) is 13.2 Å². The Labute approximate surface area is 354 Å². The van der Waals surface area contributed by atoms with Gasteiger partial charge in [0.15, 0.2) is 11.5 Å². The number of allylic oxidation sites excluding steroid dienone is 5. The number of hydrogen-bond donors (Lipinski definition) is 0. The fourth-order valence-electron chi connectivity index (χ4n) is 5.51. The molecule has 0 radical (unpaired) electrons. The summed E-state index contributed by atoms with van der Waals surface area (Å²) >= 11 is 1.20. The maximum atomic E-state index is 13.5. The molecule has 10 heteroatoms. The second-order valence-corrected chi connectivity index (χ2v) is 17.2. The van der Waals surface area contributed by atoms with Crippen LogP contribution in [0, 0.1) is 0 Å². The number of halogens is 3. The van der Waals surface area contributed by atoms with Crippen molar-refractivity contribution in [3.8, 4) is 0 Å². The first-order chi connectivity index (χ1) is 27.9. The zero-order valence-electron chi connectivity index (χ0n) is 35.5. The van der Waals surface area contributed by atoms with Gasteiger partial charge in [-0.05, 0) is 87.0 Å². The van der Waals surface area contributed by atoms with Crippen LogP contribution in [0.1, 0.15) is 90.9 Å². The van der Waals surface area contributed by atoms with Crippen LogP contribution in [0.2, 0.25) is 0 Å². The molecule has 1 aromatic heterocycles. The lowest BCUT2D eigenvalue weighted by Crippen LogP contribution is -2.36. The van der Waals surface area contributed by atoms with Crippen LogP contribution in [0.25, 0.3) is 5.57 Å². The van der Waals surface area contributed by atoms with E-state index in [-0.39, 0.29) is 13.7 Å². The van der Waals surface area contributed by atoms with Crippen molar-refractivity contribution in [2.24, 2.45) is 0 Å². The third-order valence-corrected chi connectivity index (χ3v) is 12.8. The monoisotopic (exact) mass is 847 g/mol. The Bertz CT molecular complexity index is 1860. The lowest BCUT2D eigenvalue weighted by Gasteiger charge is -2.32. The van der Waals surface area contributed by atoms with E-state index in [4.69, 9.17) is 4.18 Å². The van der Waals surface area contributed by atoms with Crippen LogP contribution in [-0.2, 0) is 21.8 Å². The molecule has 312 valence electrons. The third kappa shape index (κ3) is 17.6. The van der Waals surface area contributed by atoms with Gasteiger partial charge in [0.25, 0.3) is 5.82 Å². The average Bonchev–Trinajstić information content (AvgIpc) is 3.72. The first-order valence-electron chi connectivity index (χ1n) is 19.8. The summed E-state index contributed by atoms with van der Waals surface area (Å²) < 4.78 is 47.8. The molecule has 0 aliphatic carbocycles. The highest BCUT2D eigenvalue weighted by Crippen LogP contribution is 2.37. The number of benzene rings is 4. The minimum atomic E-state index is -4.66. The van der Waals surface area contributed by atoms with Crippen LogP contribution in [0.4, 0.5) is 13.2 Å². The Balaban J connectivity index is 0.000000346. The van der Waals surface area contributed by atoms with Crippen LogP contribution in [0.15, 0.2) is 152 Å². The van der Waals surface area contributed by atoms with E-state index in [0.717, 1.165) is 19.7 Å². The summed E-state index contributed by atoms with van der Waals surface area (Å²) in [7, 11) is 0.759. The van der Waals surface area contributed by atoms with Crippen molar-refractivity contribution >= 4 is 50.0 Å². The van der Waals surface area contributed by atoms with Gasteiger partial charge in [0.05, 0.1) is 0 Å². The molecule has 0 fully saturated rings. The van der Waals surface area contributed by atoms with E-state index in [1.54, 1.807) is 25.2 Å². The van der Waals surface area contributed by atoms with Crippen molar-refractivity contribution in [3.05, 3.63) is 169 Å². The van der Waals surface area contributed by atoms with Gasteiger partial charge in [-0.25, -0.2) is 9.67 Å². The molecule has 4 nitrogen and oxygen atoms in total. The Morgan fingerprint density at radius 2 is 1.28 bits per heavy atom. The number of nitrogens with zero attached hydrogens (tertiary/aromatic N) is 3. The Hall–Kier alpha value is -3.80. The lowest BCUT2D eigenvalue weighted by molar-refractivity contribution is -0.145. The van der Waals surface area contributed by atoms with Crippen molar-refractivity contribution in [1.82, 2.24) is 14.8 Å². The molecular weight excluding hydrogens is 786 g/mol. The minimum absolute atomic E-state index is 0.133. The second-order valence-electron chi connectivity index (χ2n) is 13.3. The van der Waals surface area contributed by atoms with E-state index in [2.05, 4.69) is 129 Å². The number of alkyl halides is 3. The average molecular weight is 848 g/mol. The normalized spacial score (nSPS) is 11.9. The molecule has 0 saturated heterocycles. The molecule has 0 aliphatic rings. The van der Waals surface area contributed by atoms with Crippen molar-refractivity contribution in [3.63, 3.8) is 0 Å². The van der Waals surface area contributed by atoms with Gasteiger partial charge < -0.3 is 0 Å². The van der Waals surface area contributed by atoms with Crippen LogP contribution < -0.4 is 15.9 Å². The molecule has 0 N–H and O–H groups in total. The maximum Gasteiger partial charge on any atom is 0.453 e. The van der Waals surface area contributed by atoms with E-state index in [0.29, 0.717) is 24.2 Å². The van der Waals surface area contributed by atoms with Gasteiger partial charge >= 0.3 is 6.18 Å². The quantitative estimate of drug-likeness (QED) is 0.0598. The largest absolute Gasteiger partial charge is 0.453 e. The Kier molecular flexibility index (Phi) is 24.1. The Morgan fingerprint density at radius 1 is 0.793 bits per heavy atom. The van der Waals surface area contributed by atoms with Crippen LogP contribution in [0.3, 0.4) is 0 Å². The molecule has 0 bridgehead atoms. The zero-order chi connectivity index (χ0) is 42.8. The van der Waals surface area contributed by atoms with Gasteiger partial charge in [0.2, 0.25) is 0 Å². The highest BCUT2D eigenvalue weighted by atomic mass is 32.2. The first kappa shape index (κ1) is 50.3. The van der Waals surface area contributed by atoms with Gasteiger partial charge in [0, 0.05) is 5.75 Å². The molecule has 4 aromatic carbocycles. The highest BCUT2D eigenvalue weighted by molar-refractivity contribution is 7.93. The molecule has 0 amide bonds. The summed E-state index contributed by atoms with van der Waals surface area (Å²) in [6.45, 7) is 19.9. The van der Waals surface area contributed by atoms with Crippen molar-refractivity contribution < 1.29 is 17.4 Å². The fourth-order valence-corrected chi connectivity index (χ4v) is 8.48. The summed E-state index contributed by atoms with van der Waals surface area (Å²) in [4.78, 5) is 3.84. The van der Waals surface area contributed by atoms with Crippen LogP contribution in [0.5, 0.6) is 0 Å². The molecule has 1 unspecified atom stereocenters. The summed E-state index contributed by atoms with van der Waals surface area (Å²) in [5.74, 6) is -0.480. The van der Waals surface area contributed by atoms with Gasteiger partial charge in [-0.2, -0.15) is 13.2 Å². The Morgan fingerprint density at radius 3 is 1.67 bits per heavy atom. The van der Waals surface area contributed by atoms with E-state index < -0.39 is 17.7 Å². The predicted octanol–water partition coefficient (Wildman–Crippen LogP) is 13.7. The molecule has 0 spiro atoms.